The third-order valence-electron chi connectivity index (χ3n) is 5.39. The fourth-order valence-electron chi connectivity index (χ4n) is 2.98. The Labute approximate surface area is 147 Å². The highest BCUT2D eigenvalue weighted by Crippen LogP contribution is 2.39. The number of amidine groups is 1. The van der Waals surface area contributed by atoms with Gasteiger partial charge in [-0.05, 0) is 57.0 Å². The number of nitriles is 1. The van der Waals surface area contributed by atoms with Crippen LogP contribution in [0.4, 0.5) is 0 Å². The van der Waals surface area contributed by atoms with E-state index in [1.165, 1.54) is 0 Å². The number of hydrogen-bond donors (Lipinski definition) is 0. The first-order valence-electron chi connectivity index (χ1n) is 8.13. The molecule has 2 aromatic carbocycles. The molecule has 5 heteroatoms. The van der Waals surface area contributed by atoms with Gasteiger partial charge in [-0.2, -0.15) is 5.26 Å². The molecule has 25 heavy (non-hydrogen) atoms. The van der Waals surface area contributed by atoms with Gasteiger partial charge in [0.15, 0.2) is 5.54 Å². The Balaban J connectivity index is 2.20. The summed E-state index contributed by atoms with van der Waals surface area (Å²) in [5.41, 5.74) is 1.08. The molecule has 2 aromatic rings. The number of rotatable bonds is 2. The van der Waals surface area contributed by atoms with Gasteiger partial charge in [0.2, 0.25) is 0 Å². The van der Waals surface area contributed by atoms with Gasteiger partial charge < -0.3 is 5.21 Å². The molecule has 0 spiro atoms. The van der Waals surface area contributed by atoms with E-state index in [-0.39, 0.29) is 5.84 Å². The van der Waals surface area contributed by atoms with Gasteiger partial charge in [-0.15, -0.1) is 0 Å². The summed E-state index contributed by atoms with van der Waals surface area (Å²) in [7, 11) is 0. The van der Waals surface area contributed by atoms with E-state index in [0.717, 1.165) is 20.9 Å². The molecule has 0 fully saturated rings. The molecule has 127 valence electrons. The van der Waals surface area contributed by atoms with Crippen molar-refractivity contribution in [2.45, 2.75) is 38.8 Å². The van der Waals surface area contributed by atoms with Crippen LogP contribution in [0.1, 0.15) is 38.8 Å². The van der Waals surface area contributed by atoms with Crippen molar-refractivity contribution in [2.75, 3.05) is 0 Å². The second-order valence-corrected chi connectivity index (χ2v) is 7.27. The Bertz CT molecular complexity index is 890. The first-order chi connectivity index (χ1) is 11.7. The summed E-state index contributed by atoms with van der Waals surface area (Å²) < 4.78 is 0.822. The van der Waals surface area contributed by atoms with Crippen molar-refractivity contribution < 1.29 is 9.95 Å². The molecule has 1 aliphatic heterocycles. The zero-order valence-corrected chi connectivity index (χ0v) is 14.8. The van der Waals surface area contributed by atoms with Gasteiger partial charge in [0.1, 0.15) is 5.54 Å². The minimum atomic E-state index is -0.859. The normalized spacial score (nSPS) is 18.3. The van der Waals surface area contributed by atoms with E-state index in [9.17, 15) is 10.4 Å². The van der Waals surface area contributed by atoms with Crippen molar-refractivity contribution >= 4 is 5.84 Å². The van der Waals surface area contributed by atoms with Gasteiger partial charge in [0, 0.05) is 5.21 Å². The minimum absolute atomic E-state index is 0.120. The molecule has 0 unspecified atom stereocenters. The third-order valence-corrected chi connectivity index (χ3v) is 5.39. The molecular formula is C20H20N3O2. The fraction of sp³-hybridized carbons (Fsp3) is 0.300. The molecule has 0 amide bonds. The molecule has 0 aromatic heterocycles. The average Bonchev–Trinajstić information content (AvgIpc) is 2.72. The average molecular weight is 334 g/mol. The van der Waals surface area contributed by atoms with Gasteiger partial charge in [-0.25, -0.2) is 0 Å². The fourth-order valence-corrected chi connectivity index (χ4v) is 2.98. The van der Waals surface area contributed by atoms with Crippen molar-refractivity contribution in [3.63, 3.8) is 0 Å². The standard InChI is InChI=1S/C20H20N3O2/c1-19(2)20(3,4)23(25)18(22(19)24)17-8-6-5-7-16(17)15-11-9-14(13-21)10-12-15/h5-12H,1-4H3. The summed E-state index contributed by atoms with van der Waals surface area (Å²) in [5, 5.41) is 35.6. The molecule has 0 N–H and O–H groups in total. The zero-order valence-electron chi connectivity index (χ0n) is 14.8. The highest BCUT2D eigenvalue weighted by molar-refractivity contribution is 6.02. The molecule has 1 aliphatic rings. The van der Waals surface area contributed by atoms with Crippen LogP contribution in [0.25, 0.3) is 11.1 Å². The molecule has 0 bridgehead atoms. The molecule has 1 radical (unpaired) electrons. The largest absolute Gasteiger partial charge is 0.714 e. The van der Waals surface area contributed by atoms with Crippen LogP contribution >= 0.6 is 0 Å². The van der Waals surface area contributed by atoms with E-state index in [2.05, 4.69) is 6.07 Å². The Kier molecular flexibility index (Phi) is 3.81. The third kappa shape index (κ3) is 2.38. The maximum absolute atomic E-state index is 12.9. The molecule has 0 atom stereocenters. The quantitative estimate of drug-likeness (QED) is 0.621. The van der Waals surface area contributed by atoms with Crippen molar-refractivity contribution in [1.29, 1.82) is 5.26 Å². The lowest BCUT2D eigenvalue weighted by atomic mass is 9.84. The van der Waals surface area contributed by atoms with Gasteiger partial charge in [0.05, 0.1) is 17.2 Å². The lowest BCUT2D eigenvalue weighted by molar-refractivity contribution is -0.539. The highest BCUT2D eigenvalue weighted by Gasteiger charge is 2.60. The molecule has 0 saturated carbocycles. The number of benzene rings is 2. The van der Waals surface area contributed by atoms with Crippen molar-refractivity contribution in [2.24, 2.45) is 0 Å². The van der Waals surface area contributed by atoms with Crippen molar-refractivity contribution in [3.05, 3.63) is 64.9 Å². The smallest absolute Gasteiger partial charge is 0.317 e. The Morgan fingerprint density at radius 1 is 1.00 bits per heavy atom. The molecule has 5 nitrogen and oxygen atoms in total. The van der Waals surface area contributed by atoms with E-state index in [1.54, 1.807) is 45.9 Å². The Hall–Kier alpha value is -2.84. The lowest BCUT2D eigenvalue weighted by Crippen LogP contribution is -2.53. The predicted octanol–water partition coefficient (Wildman–Crippen LogP) is 3.70. The van der Waals surface area contributed by atoms with E-state index in [1.807, 2.05) is 30.3 Å². The molecule has 3 rings (SSSR count). The van der Waals surface area contributed by atoms with Crippen LogP contribution in [0, 0.1) is 16.5 Å². The van der Waals surface area contributed by atoms with Gasteiger partial charge >= 0.3 is 5.84 Å². The number of nitrogens with zero attached hydrogens (tertiary/aromatic N) is 3. The van der Waals surface area contributed by atoms with E-state index in [0.29, 0.717) is 11.1 Å². The second-order valence-electron chi connectivity index (χ2n) is 7.27. The van der Waals surface area contributed by atoms with Gasteiger partial charge in [-0.1, -0.05) is 35.4 Å². The Morgan fingerprint density at radius 2 is 1.56 bits per heavy atom. The minimum Gasteiger partial charge on any atom is -0.714 e. The topological polar surface area (TPSA) is 73.0 Å². The maximum Gasteiger partial charge on any atom is 0.317 e. The van der Waals surface area contributed by atoms with Crippen molar-refractivity contribution in [3.8, 4) is 17.2 Å². The summed E-state index contributed by atoms with van der Waals surface area (Å²) in [6.45, 7) is 7.12. The van der Waals surface area contributed by atoms with Crippen LogP contribution in [0.2, 0.25) is 0 Å². The van der Waals surface area contributed by atoms with Crippen LogP contribution in [0.5, 0.6) is 0 Å². The van der Waals surface area contributed by atoms with Gasteiger partial charge in [-0.3, -0.25) is 4.74 Å². The number of hydroxylamine groups is 3. The summed E-state index contributed by atoms with van der Waals surface area (Å²) >= 11 is 0. The maximum atomic E-state index is 12.9. The predicted molar refractivity (Wildman–Crippen MR) is 95.0 cm³/mol. The number of hydrogen-bond acceptors (Lipinski definition) is 3. The van der Waals surface area contributed by atoms with Crippen LogP contribution in [-0.4, -0.2) is 26.7 Å². The monoisotopic (exact) mass is 334 g/mol. The highest BCUT2D eigenvalue weighted by atomic mass is 16.5. The van der Waals surface area contributed by atoms with Crippen molar-refractivity contribution in [1.82, 2.24) is 5.06 Å². The second kappa shape index (κ2) is 5.61. The zero-order chi connectivity index (χ0) is 18.4. The summed E-state index contributed by atoms with van der Waals surface area (Å²) in [6, 6.07) is 16.5. The van der Waals surface area contributed by atoms with Gasteiger partial charge in [0.25, 0.3) is 0 Å². The summed E-state index contributed by atoms with van der Waals surface area (Å²) in [6.07, 6.45) is 0. The molecule has 0 aliphatic carbocycles. The molecule has 1 heterocycles. The Morgan fingerprint density at radius 3 is 2.04 bits per heavy atom. The van der Waals surface area contributed by atoms with E-state index < -0.39 is 11.1 Å². The van der Waals surface area contributed by atoms with E-state index >= 15 is 0 Å². The summed E-state index contributed by atoms with van der Waals surface area (Å²) in [5.74, 6) is 0.120. The SMILES string of the molecule is CC1(C)N([O])C(c2ccccc2-c2ccc(C#N)cc2)=[N+]([O-])C1(C)C. The van der Waals surface area contributed by atoms with Crippen LogP contribution < -0.4 is 0 Å². The van der Waals surface area contributed by atoms with Crippen LogP contribution in [-0.2, 0) is 5.21 Å². The summed E-state index contributed by atoms with van der Waals surface area (Å²) in [4.78, 5) is 0. The van der Waals surface area contributed by atoms with Crippen LogP contribution in [0.3, 0.4) is 0 Å². The molecule has 0 saturated heterocycles. The van der Waals surface area contributed by atoms with E-state index in [4.69, 9.17) is 5.26 Å². The van der Waals surface area contributed by atoms with Crippen LogP contribution in [0.15, 0.2) is 48.5 Å². The first kappa shape index (κ1) is 17.0. The lowest BCUT2D eigenvalue weighted by Gasteiger charge is -2.32. The molecular weight excluding hydrogens is 314 g/mol. The first-order valence-corrected chi connectivity index (χ1v) is 8.13.